The summed E-state index contributed by atoms with van der Waals surface area (Å²) < 4.78 is 0. The summed E-state index contributed by atoms with van der Waals surface area (Å²) in [6.45, 7) is 0.438. The minimum absolute atomic E-state index is 0.0195. The highest BCUT2D eigenvalue weighted by atomic mass is 16.3. The molecule has 0 radical (unpaired) electrons. The first kappa shape index (κ1) is 13.4. The first-order chi connectivity index (χ1) is 10.1. The van der Waals surface area contributed by atoms with Gasteiger partial charge in [-0.25, -0.2) is 0 Å². The molecule has 21 heavy (non-hydrogen) atoms. The number of hydrogen-bond acceptors (Lipinski definition) is 4. The van der Waals surface area contributed by atoms with Crippen molar-refractivity contribution in [1.82, 2.24) is 9.88 Å². The lowest BCUT2D eigenvalue weighted by molar-refractivity contribution is 0.0729. The summed E-state index contributed by atoms with van der Waals surface area (Å²) >= 11 is 0. The van der Waals surface area contributed by atoms with Crippen LogP contribution in [0.4, 0.5) is 0 Å². The number of aromatic hydroxyl groups is 2. The summed E-state index contributed by atoms with van der Waals surface area (Å²) in [5.41, 5.74) is 1.26. The van der Waals surface area contributed by atoms with Crippen molar-refractivity contribution < 1.29 is 15.0 Å². The van der Waals surface area contributed by atoms with Crippen molar-refractivity contribution in [2.24, 2.45) is 0 Å². The van der Waals surface area contributed by atoms with Crippen molar-refractivity contribution >= 4 is 5.91 Å². The van der Waals surface area contributed by atoms with Gasteiger partial charge in [0.1, 0.15) is 11.5 Å². The summed E-state index contributed by atoms with van der Waals surface area (Å²) in [5.74, 6) is 0.0212. The van der Waals surface area contributed by atoms with Crippen LogP contribution in [0.3, 0.4) is 0 Å². The van der Waals surface area contributed by atoms with E-state index in [1.54, 1.807) is 23.1 Å². The van der Waals surface area contributed by atoms with E-state index in [4.69, 9.17) is 0 Å². The summed E-state index contributed by atoms with van der Waals surface area (Å²) in [5, 5.41) is 19.0. The fourth-order valence-corrected chi connectivity index (χ4v) is 2.32. The molecule has 1 heterocycles. The largest absolute Gasteiger partial charge is 0.508 e. The first-order valence-corrected chi connectivity index (χ1v) is 6.86. The molecule has 0 unspecified atom stereocenters. The molecule has 3 rings (SSSR count). The SMILES string of the molecule is O=C(c1cncc(O)c1)N(Cc1cccc(O)c1)C1CC1. The van der Waals surface area contributed by atoms with Crippen LogP contribution < -0.4 is 0 Å². The fourth-order valence-electron chi connectivity index (χ4n) is 2.32. The maximum Gasteiger partial charge on any atom is 0.256 e. The molecule has 2 aromatic rings. The van der Waals surface area contributed by atoms with Gasteiger partial charge in [0.2, 0.25) is 0 Å². The van der Waals surface area contributed by atoms with Crippen LogP contribution in [0.15, 0.2) is 42.7 Å². The molecule has 2 N–H and O–H groups in total. The van der Waals surface area contributed by atoms with Gasteiger partial charge in [0, 0.05) is 18.8 Å². The molecule has 1 aliphatic carbocycles. The normalized spacial score (nSPS) is 13.9. The zero-order chi connectivity index (χ0) is 14.8. The minimum Gasteiger partial charge on any atom is -0.508 e. The molecule has 1 aromatic heterocycles. The number of phenols is 1. The number of carbonyl (C=O) groups excluding carboxylic acids is 1. The van der Waals surface area contributed by atoms with Gasteiger partial charge in [0.15, 0.2) is 0 Å². The van der Waals surface area contributed by atoms with Gasteiger partial charge in [0.25, 0.3) is 5.91 Å². The van der Waals surface area contributed by atoms with Gasteiger partial charge in [0.05, 0.1) is 11.8 Å². The smallest absolute Gasteiger partial charge is 0.256 e. The van der Waals surface area contributed by atoms with Gasteiger partial charge < -0.3 is 15.1 Å². The fraction of sp³-hybridized carbons (Fsp3) is 0.250. The third kappa shape index (κ3) is 3.13. The lowest BCUT2D eigenvalue weighted by atomic mass is 10.1. The molecule has 108 valence electrons. The van der Waals surface area contributed by atoms with Crippen LogP contribution in [0, 0.1) is 0 Å². The molecule has 0 bridgehead atoms. The summed E-state index contributed by atoms with van der Waals surface area (Å²) in [4.78, 5) is 18.2. The Morgan fingerprint density at radius 2 is 2.00 bits per heavy atom. The van der Waals surface area contributed by atoms with Crippen molar-refractivity contribution in [2.75, 3.05) is 0 Å². The Morgan fingerprint density at radius 1 is 1.19 bits per heavy atom. The van der Waals surface area contributed by atoms with Crippen LogP contribution in [0.5, 0.6) is 11.5 Å². The second kappa shape index (κ2) is 5.44. The quantitative estimate of drug-likeness (QED) is 0.903. The number of benzene rings is 1. The number of phenolic OH excluding ortho intramolecular Hbond substituents is 1. The number of rotatable bonds is 4. The van der Waals surface area contributed by atoms with Gasteiger partial charge in [-0.3, -0.25) is 9.78 Å². The van der Waals surface area contributed by atoms with Crippen LogP contribution in [0.2, 0.25) is 0 Å². The lowest BCUT2D eigenvalue weighted by Crippen LogP contribution is -2.32. The zero-order valence-electron chi connectivity index (χ0n) is 11.4. The molecule has 0 aliphatic heterocycles. The Hall–Kier alpha value is -2.56. The summed E-state index contributed by atoms with van der Waals surface area (Å²) in [6, 6.07) is 8.55. The van der Waals surface area contributed by atoms with E-state index in [2.05, 4.69) is 4.98 Å². The predicted octanol–water partition coefficient (Wildman–Crippen LogP) is 2.30. The van der Waals surface area contributed by atoms with Crippen LogP contribution >= 0.6 is 0 Å². The highest BCUT2D eigenvalue weighted by molar-refractivity contribution is 5.94. The Bertz CT molecular complexity index is 668. The van der Waals surface area contributed by atoms with E-state index in [0.717, 1.165) is 18.4 Å². The molecule has 1 saturated carbocycles. The Labute approximate surface area is 122 Å². The molecule has 1 amide bonds. The van der Waals surface area contributed by atoms with Crippen LogP contribution in [0.1, 0.15) is 28.8 Å². The van der Waals surface area contributed by atoms with Crippen molar-refractivity contribution in [2.45, 2.75) is 25.4 Å². The van der Waals surface area contributed by atoms with E-state index in [1.165, 1.54) is 18.5 Å². The highest BCUT2D eigenvalue weighted by Crippen LogP contribution is 2.30. The Morgan fingerprint density at radius 3 is 2.67 bits per heavy atom. The second-order valence-corrected chi connectivity index (χ2v) is 5.27. The Balaban J connectivity index is 1.83. The summed E-state index contributed by atoms with van der Waals surface area (Å²) in [7, 11) is 0. The molecule has 0 saturated heterocycles. The number of carbonyl (C=O) groups is 1. The molecular formula is C16H16N2O3. The highest BCUT2D eigenvalue weighted by Gasteiger charge is 2.33. The van der Waals surface area contributed by atoms with Crippen molar-refractivity contribution in [3.05, 3.63) is 53.9 Å². The molecule has 5 heteroatoms. The van der Waals surface area contributed by atoms with Crippen LogP contribution in [-0.2, 0) is 6.54 Å². The molecule has 1 fully saturated rings. The van der Waals surface area contributed by atoms with Gasteiger partial charge in [-0.05, 0) is 36.6 Å². The summed E-state index contributed by atoms with van der Waals surface area (Å²) in [6.07, 6.45) is 4.72. The second-order valence-electron chi connectivity index (χ2n) is 5.27. The average molecular weight is 284 g/mol. The average Bonchev–Trinajstić information content (AvgIpc) is 3.29. The third-order valence-electron chi connectivity index (χ3n) is 3.48. The van der Waals surface area contributed by atoms with Crippen molar-refractivity contribution in [3.63, 3.8) is 0 Å². The van der Waals surface area contributed by atoms with E-state index in [1.807, 2.05) is 6.07 Å². The van der Waals surface area contributed by atoms with E-state index in [-0.39, 0.29) is 23.4 Å². The predicted molar refractivity (Wildman–Crippen MR) is 76.9 cm³/mol. The number of aromatic nitrogens is 1. The number of nitrogens with zero attached hydrogens (tertiary/aromatic N) is 2. The third-order valence-corrected chi connectivity index (χ3v) is 3.48. The molecule has 1 aromatic carbocycles. The van der Waals surface area contributed by atoms with E-state index >= 15 is 0 Å². The zero-order valence-corrected chi connectivity index (χ0v) is 11.4. The lowest BCUT2D eigenvalue weighted by Gasteiger charge is -2.22. The first-order valence-electron chi connectivity index (χ1n) is 6.86. The molecule has 1 aliphatic rings. The van der Waals surface area contributed by atoms with Crippen molar-refractivity contribution in [1.29, 1.82) is 0 Å². The maximum atomic E-state index is 12.6. The van der Waals surface area contributed by atoms with E-state index in [0.29, 0.717) is 12.1 Å². The van der Waals surface area contributed by atoms with Crippen LogP contribution in [0.25, 0.3) is 0 Å². The van der Waals surface area contributed by atoms with E-state index < -0.39 is 0 Å². The van der Waals surface area contributed by atoms with Crippen LogP contribution in [-0.4, -0.2) is 32.0 Å². The van der Waals surface area contributed by atoms with Gasteiger partial charge >= 0.3 is 0 Å². The van der Waals surface area contributed by atoms with Gasteiger partial charge in [-0.2, -0.15) is 0 Å². The van der Waals surface area contributed by atoms with E-state index in [9.17, 15) is 15.0 Å². The topological polar surface area (TPSA) is 73.7 Å². The molecule has 5 nitrogen and oxygen atoms in total. The standard InChI is InChI=1S/C16H16N2O3/c19-14-3-1-2-11(6-14)10-18(13-4-5-13)16(21)12-7-15(20)9-17-8-12/h1-3,6-9,13,19-20H,4-5,10H2. The monoisotopic (exact) mass is 284 g/mol. The van der Waals surface area contributed by atoms with Gasteiger partial charge in [-0.1, -0.05) is 12.1 Å². The minimum atomic E-state index is -0.149. The molecule has 0 atom stereocenters. The maximum absolute atomic E-state index is 12.6. The molecular weight excluding hydrogens is 268 g/mol. The number of hydrogen-bond donors (Lipinski definition) is 2. The molecule has 0 spiro atoms. The Kier molecular flexibility index (Phi) is 3.48. The van der Waals surface area contributed by atoms with Crippen molar-refractivity contribution in [3.8, 4) is 11.5 Å². The van der Waals surface area contributed by atoms with Gasteiger partial charge in [-0.15, -0.1) is 0 Å². The number of pyridine rings is 1. The number of amides is 1.